The standard InChI is InChI=1S/C18H17N3O3S/c22-16(19-11-13-5-2-1-3-6-13)9-8-14-12-25-18(20-14)21-17(23)15-7-4-10-24-15/h1-7,10,12H,8-9,11H2,(H,19,22)(H,20,21,23). The lowest BCUT2D eigenvalue weighted by molar-refractivity contribution is -0.121. The van der Waals surface area contributed by atoms with Crippen LogP contribution in [0.15, 0.2) is 58.5 Å². The molecule has 128 valence electrons. The van der Waals surface area contributed by atoms with E-state index >= 15 is 0 Å². The van der Waals surface area contributed by atoms with Crippen LogP contribution in [0, 0.1) is 0 Å². The number of carbonyl (C=O) groups excluding carboxylic acids is 2. The molecular formula is C18H17N3O3S. The maximum Gasteiger partial charge on any atom is 0.293 e. The number of aromatic nitrogens is 1. The van der Waals surface area contributed by atoms with E-state index in [1.807, 2.05) is 35.7 Å². The molecule has 0 saturated carbocycles. The molecule has 2 heterocycles. The van der Waals surface area contributed by atoms with Gasteiger partial charge in [-0.2, -0.15) is 0 Å². The lowest BCUT2D eigenvalue weighted by Gasteiger charge is -2.04. The fraction of sp³-hybridized carbons (Fsp3) is 0.167. The van der Waals surface area contributed by atoms with Gasteiger partial charge in [-0.05, 0) is 24.1 Å². The van der Waals surface area contributed by atoms with Crippen molar-refractivity contribution in [3.05, 3.63) is 71.1 Å². The van der Waals surface area contributed by atoms with Crippen LogP contribution in [-0.2, 0) is 17.8 Å². The molecule has 1 aromatic carbocycles. The lowest BCUT2D eigenvalue weighted by Crippen LogP contribution is -2.23. The fourth-order valence-electron chi connectivity index (χ4n) is 2.17. The van der Waals surface area contributed by atoms with Crippen LogP contribution in [0.25, 0.3) is 0 Å². The highest BCUT2D eigenvalue weighted by atomic mass is 32.1. The second-order valence-electron chi connectivity index (χ2n) is 5.34. The van der Waals surface area contributed by atoms with Crippen molar-refractivity contribution >= 4 is 28.3 Å². The third-order valence-electron chi connectivity index (χ3n) is 3.46. The number of benzene rings is 1. The van der Waals surface area contributed by atoms with Crippen molar-refractivity contribution in [3.63, 3.8) is 0 Å². The quantitative estimate of drug-likeness (QED) is 0.681. The third kappa shape index (κ3) is 5.02. The van der Waals surface area contributed by atoms with Crippen LogP contribution in [0.2, 0.25) is 0 Å². The van der Waals surface area contributed by atoms with E-state index in [0.29, 0.717) is 24.5 Å². The van der Waals surface area contributed by atoms with Crippen molar-refractivity contribution < 1.29 is 14.0 Å². The molecule has 2 amide bonds. The van der Waals surface area contributed by atoms with Gasteiger partial charge in [0.05, 0.1) is 12.0 Å². The van der Waals surface area contributed by atoms with E-state index in [1.165, 1.54) is 17.6 Å². The minimum absolute atomic E-state index is 0.0296. The highest BCUT2D eigenvalue weighted by Gasteiger charge is 2.12. The first kappa shape index (κ1) is 16.9. The van der Waals surface area contributed by atoms with Gasteiger partial charge in [-0.15, -0.1) is 11.3 Å². The summed E-state index contributed by atoms with van der Waals surface area (Å²) in [5.41, 5.74) is 1.84. The maximum absolute atomic E-state index is 11.9. The number of anilines is 1. The Labute approximate surface area is 148 Å². The number of nitrogens with one attached hydrogen (secondary N) is 2. The first-order chi connectivity index (χ1) is 12.2. The summed E-state index contributed by atoms with van der Waals surface area (Å²) in [7, 11) is 0. The average Bonchev–Trinajstić information content (AvgIpc) is 3.31. The highest BCUT2D eigenvalue weighted by Crippen LogP contribution is 2.17. The number of hydrogen-bond donors (Lipinski definition) is 2. The number of rotatable bonds is 7. The zero-order chi connectivity index (χ0) is 17.5. The Bertz CT molecular complexity index is 828. The number of thiazole rings is 1. The Hall–Kier alpha value is -2.93. The molecule has 25 heavy (non-hydrogen) atoms. The Kier molecular flexibility index (Phi) is 5.58. The molecule has 0 radical (unpaired) electrons. The van der Waals surface area contributed by atoms with Crippen LogP contribution in [-0.4, -0.2) is 16.8 Å². The summed E-state index contributed by atoms with van der Waals surface area (Å²) in [6.07, 6.45) is 2.31. The summed E-state index contributed by atoms with van der Waals surface area (Å²) in [6.45, 7) is 0.515. The Morgan fingerprint density at radius 1 is 1.12 bits per heavy atom. The highest BCUT2D eigenvalue weighted by molar-refractivity contribution is 7.13. The number of amides is 2. The molecule has 3 rings (SSSR count). The normalized spacial score (nSPS) is 10.4. The Morgan fingerprint density at radius 2 is 1.96 bits per heavy atom. The van der Waals surface area contributed by atoms with E-state index in [2.05, 4.69) is 15.6 Å². The molecule has 0 spiro atoms. The summed E-state index contributed by atoms with van der Waals surface area (Å²) < 4.78 is 5.03. The van der Waals surface area contributed by atoms with Crippen molar-refractivity contribution in [2.75, 3.05) is 5.32 Å². The van der Waals surface area contributed by atoms with Crippen molar-refractivity contribution in [1.29, 1.82) is 0 Å². The molecule has 0 aliphatic carbocycles. The number of hydrogen-bond acceptors (Lipinski definition) is 5. The molecule has 6 nitrogen and oxygen atoms in total. The second-order valence-corrected chi connectivity index (χ2v) is 6.20. The number of nitrogens with zero attached hydrogens (tertiary/aromatic N) is 1. The number of carbonyl (C=O) groups is 2. The van der Waals surface area contributed by atoms with E-state index in [0.717, 1.165) is 11.3 Å². The van der Waals surface area contributed by atoms with E-state index < -0.39 is 0 Å². The van der Waals surface area contributed by atoms with E-state index in [9.17, 15) is 9.59 Å². The SMILES string of the molecule is O=C(CCc1csc(NC(=O)c2ccco2)n1)NCc1ccccc1. The van der Waals surface area contributed by atoms with Gasteiger partial charge in [0.2, 0.25) is 5.91 Å². The average molecular weight is 355 g/mol. The van der Waals surface area contributed by atoms with Gasteiger partial charge in [-0.3, -0.25) is 14.9 Å². The van der Waals surface area contributed by atoms with Gasteiger partial charge in [-0.1, -0.05) is 30.3 Å². The van der Waals surface area contributed by atoms with Crippen molar-refractivity contribution in [1.82, 2.24) is 10.3 Å². The van der Waals surface area contributed by atoms with Gasteiger partial charge >= 0.3 is 0 Å². The van der Waals surface area contributed by atoms with Crippen LogP contribution in [0.1, 0.15) is 28.2 Å². The summed E-state index contributed by atoms with van der Waals surface area (Å²) >= 11 is 1.32. The zero-order valence-corrected chi connectivity index (χ0v) is 14.2. The first-order valence-corrected chi connectivity index (χ1v) is 8.68. The summed E-state index contributed by atoms with van der Waals surface area (Å²) in [6, 6.07) is 13.0. The molecule has 2 N–H and O–H groups in total. The van der Waals surface area contributed by atoms with Gasteiger partial charge in [0.15, 0.2) is 10.9 Å². The topological polar surface area (TPSA) is 84.2 Å². The molecule has 0 unspecified atom stereocenters. The van der Waals surface area contributed by atoms with Crippen LogP contribution >= 0.6 is 11.3 Å². The monoisotopic (exact) mass is 355 g/mol. The molecule has 7 heteroatoms. The minimum atomic E-state index is -0.341. The fourth-order valence-corrected chi connectivity index (χ4v) is 2.91. The minimum Gasteiger partial charge on any atom is -0.459 e. The molecule has 0 atom stereocenters. The molecule has 0 bridgehead atoms. The lowest BCUT2D eigenvalue weighted by atomic mass is 10.2. The smallest absolute Gasteiger partial charge is 0.293 e. The van der Waals surface area contributed by atoms with Gasteiger partial charge in [0, 0.05) is 18.3 Å². The van der Waals surface area contributed by atoms with Gasteiger partial charge < -0.3 is 9.73 Å². The molecule has 0 fully saturated rings. The second kappa shape index (κ2) is 8.25. The van der Waals surface area contributed by atoms with Crippen LogP contribution in [0.5, 0.6) is 0 Å². The predicted molar refractivity (Wildman–Crippen MR) is 95.4 cm³/mol. The molecule has 0 saturated heterocycles. The summed E-state index contributed by atoms with van der Waals surface area (Å²) in [5.74, 6) is -0.137. The largest absolute Gasteiger partial charge is 0.459 e. The van der Waals surface area contributed by atoms with Crippen molar-refractivity contribution in [2.24, 2.45) is 0 Å². The van der Waals surface area contributed by atoms with Crippen LogP contribution in [0.4, 0.5) is 5.13 Å². The van der Waals surface area contributed by atoms with E-state index in [1.54, 1.807) is 12.1 Å². The van der Waals surface area contributed by atoms with Gasteiger partial charge in [0.25, 0.3) is 5.91 Å². The molecule has 2 aromatic heterocycles. The molecule has 0 aliphatic rings. The zero-order valence-electron chi connectivity index (χ0n) is 13.4. The van der Waals surface area contributed by atoms with Gasteiger partial charge in [-0.25, -0.2) is 4.98 Å². The number of furan rings is 1. The number of aryl methyl sites for hydroxylation is 1. The maximum atomic E-state index is 11.9. The van der Waals surface area contributed by atoms with Crippen LogP contribution < -0.4 is 10.6 Å². The van der Waals surface area contributed by atoms with Crippen LogP contribution in [0.3, 0.4) is 0 Å². The van der Waals surface area contributed by atoms with Crippen molar-refractivity contribution in [2.45, 2.75) is 19.4 Å². The van der Waals surface area contributed by atoms with Crippen molar-refractivity contribution in [3.8, 4) is 0 Å². The summed E-state index contributed by atoms with van der Waals surface area (Å²) in [5, 5.41) is 7.88. The van der Waals surface area contributed by atoms with Gasteiger partial charge in [0.1, 0.15) is 0 Å². The van der Waals surface area contributed by atoms with E-state index in [-0.39, 0.29) is 17.6 Å². The molecular weight excluding hydrogens is 338 g/mol. The molecule has 0 aliphatic heterocycles. The van der Waals surface area contributed by atoms with E-state index in [4.69, 9.17) is 4.42 Å². The Balaban J connectivity index is 1.43. The predicted octanol–water partition coefficient (Wildman–Crippen LogP) is 3.24. The first-order valence-electron chi connectivity index (χ1n) is 7.80. The Morgan fingerprint density at radius 3 is 2.72 bits per heavy atom. The molecule has 3 aromatic rings. The summed E-state index contributed by atoms with van der Waals surface area (Å²) in [4.78, 5) is 28.1. The third-order valence-corrected chi connectivity index (χ3v) is 4.26.